The number of ether oxygens (including phenoxy) is 1. The molecule has 6 nitrogen and oxygen atoms in total. The zero-order valence-corrected chi connectivity index (χ0v) is 17.5. The van der Waals surface area contributed by atoms with Gasteiger partial charge >= 0.3 is 0 Å². The molecule has 1 aliphatic heterocycles. The number of nitrogens with zero attached hydrogens (tertiary/aromatic N) is 2. The molecular formula is C23H23N3O3S. The first kappa shape index (κ1) is 20.1. The van der Waals surface area contributed by atoms with Gasteiger partial charge in [0.25, 0.3) is 5.91 Å². The number of rotatable bonds is 6. The van der Waals surface area contributed by atoms with Gasteiger partial charge in [-0.2, -0.15) is 0 Å². The van der Waals surface area contributed by atoms with Crippen LogP contribution in [0.3, 0.4) is 0 Å². The van der Waals surface area contributed by atoms with Crippen molar-refractivity contribution in [2.45, 2.75) is 12.5 Å². The van der Waals surface area contributed by atoms with E-state index in [1.165, 1.54) is 11.3 Å². The second kappa shape index (κ2) is 9.09. The summed E-state index contributed by atoms with van der Waals surface area (Å²) in [4.78, 5) is 32.6. The van der Waals surface area contributed by atoms with Gasteiger partial charge < -0.3 is 15.0 Å². The number of pyridine rings is 1. The molecule has 0 radical (unpaired) electrons. The Bertz CT molecular complexity index is 1010. The van der Waals surface area contributed by atoms with E-state index in [0.717, 1.165) is 16.9 Å². The third kappa shape index (κ3) is 4.36. The topological polar surface area (TPSA) is 71.5 Å². The molecule has 2 aromatic heterocycles. The van der Waals surface area contributed by atoms with Crippen molar-refractivity contribution in [1.29, 1.82) is 0 Å². The number of amides is 2. The van der Waals surface area contributed by atoms with Gasteiger partial charge in [0, 0.05) is 37.9 Å². The van der Waals surface area contributed by atoms with E-state index in [4.69, 9.17) is 4.74 Å². The molecule has 2 unspecified atom stereocenters. The number of hydrogen-bond donors (Lipinski definition) is 1. The quantitative estimate of drug-likeness (QED) is 0.663. The van der Waals surface area contributed by atoms with Crippen LogP contribution in [0, 0.1) is 5.92 Å². The van der Waals surface area contributed by atoms with E-state index in [9.17, 15) is 9.59 Å². The number of hydrogen-bond acceptors (Lipinski definition) is 5. The van der Waals surface area contributed by atoms with E-state index in [0.29, 0.717) is 24.5 Å². The fraction of sp³-hybridized carbons (Fsp3) is 0.261. The Kier molecular flexibility index (Phi) is 6.09. The Morgan fingerprint density at radius 2 is 2.10 bits per heavy atom. The molecule has 3 heterocycles. The smallest absolute Gasteiger partial charge is 0.263 e. The normalized spacial score (nSPS) is 18.2. The maximum absolute atomic E-state index is 13.1. The molecular weight excluding hydrogens is 398 g/mol. The molecule has 4 rings (SSSR count). The number of likely N-dealkylation sites (tertiary alicyclic amines) is 1. The zero-order chi connectivity index (χ0) is 20.9. The van der Waals surface area contributed by atoms with Crippen LogP contribution in [0.15, 0.2) is 66.3 Å². The molecule has 3 aromatic rings. The number of benzene rings is 1. The summed E-state index contributed by atoms with van der Waals surface area (Å²) in [5.41, 5.74) is 1.94. The molecule has 1 fully saturated rings. The van der Waals surface area contributed by atoms with Crippen LogP contribution in [-0.2, 0) is 11.3 Å². The largest absolute Gasteiger partial charge is 0.497 e. The lowest BCUT2D eigenvalue weighted by Crippen LogP contribution is -2.35. The molecule has 30 heavy (non-hydrogen) atoms. The van der Waals surface area contributed by atoms with Gasteiger partial charge in [-0.3, -0.25) is 14.6 Å². The van der Waals surface area contributed by atoms with E-state index < -0.39 is 0 Å². The molecule has 2 atom stereocenters. The predicted molar refractivity (Wildman–Crippen MR) is 116 cm³/mol. The average Bonchev–Trinajstić information content (AvgIpc) is 3.48. The van der Waals surface area contributed by atoms with Crippen LogP contribution in [-0.4, -0.2) is 41.9 Å². The van der Waals surface area contributed by atoms with Gasteiger partial charge in [0.2, 0.25) is 5.91 Å². The Balaban J connectivity index is 1.55. The van der Waals surface area contributed by atoms with Crippen molar-refractivity contribution in [3.63, 3.8) is 0 Å². The monoisotopic (exact) mass is 421 g/mol. The highest BCUT2D eigenvalue weighted by molar-refractivity contribution is 7.12. The Morgan fingerprint density at radius 1 is 1.20 bits per heavy atom. The van der Waals surface area contributed by atoms with E-state index in [2.05, 4.69) is 10.3 Å². The summed E-state index contributed by atoms with van der Waals surface area (Å²) in [5, 5.41) is 4.91. The summed E-state index contributed by atoms with van der Waals surface area (Å²) in [6, 6.07) is 15.2. The summed E-state index contributed by atoms with van der Waals surface area (Å²) >= 11 is 1.42. The van der Waals surface area contributed by atoms with Crippen molar-refractivity contribution >= 4 is 23.2 Å². The fourth-order valence-electron chi connectivity index (χ4n) is 3.82. The summed E-state index contributed by atoms with van der Waals surface area (Å²) < 4.78 is 5.36. The van der Waals surface area contributed by atoms with Crippen molar-refractivity contribution in [3.05, 3.63) is 82.3 Å². The lowest BCUT2D eigenvalue weighted by atomic mass is 9.88. The van der Waals surface area contributed by atoms with Gasteiger partial charge in [-0.25, -0.2) is 0 Å². The number of methoxy groups -OCH3 is 1. The molecule has 1 aliphatic rings. The molecule has 1 N–H and O–H groups in total. The number of aromatic nitrogens is 1. The Morgan fingerprint density at radius 3 is 2.83 bits per heavy atom. The van der Waals surface area contributed by atoms with E-state index in [1.807, 2.05) is 53.9 Å². The molecule has 154 valence electrons. The van der Waals surface area contributed by atoms with Crippen LogP contribution in [0.4, 0.5) is 0 Å². The average molecular weight is 422 g/mol. The molecule has 0 bridgehead atoms. The SMILES string of the molecule is COc1cccc(C2CN(C(=O)c3cccs3)CC2C(=O)NCc2cccnc2)c1. The molecule has 1 saturated heterocycles. The van der Waals surface area contributed by atoms with Crippen LogP contribution < -0.4 is 10.1 Å². The van der Waals surface area contributed by atoms with Gasteiger partial charge in [0.05, 0.1) is 17.9 Å². The van der Waals surface area contributed by atoms with Crippen LogP contribution in [0.1, 0.15) is 26.7 Å². The first-order valence-electron chi connectivity index (χ1n) is 9.79. The minimum Gasteiger partial charge on any atom is -0.497 e. The maximum Gasteiger partial charge on any atom is 0.263 e. The lowest BCUT2D eigenvalue weighted by molar-refractivity contribution is -0.125. The van der Waals surface area contributed by atoms with E-state index in [-0.39, 0.29) is 23.7 Å². The van der Waals surface area contributed by atoms with Crippen LogP contribution in [0.5, 0.6) is 5.75 Å². The van der Waals surface area contributed by atoms with Crippen molar-refractivity contribution in [1.82, 2.24) is 15.2 Å². The second-order valence-corrected chi connectivity index (χ2v) is 8.20. The third-order valence-corrected chi connectivity index (χ3v) is 6.25. The number of thiophene rings is 1. The highest BCUT2D eigenvalue weighted by Gasteiger charge is 2.40. The number of nitrogens with one attached hydrogen (secondary N) is 1. The highest BCUT2D eigenvalue weighted by atomic mass is 32.1. The minimum atomic E-state index is -0.335. The standard InChI is InChI=1S/C23H23N3O3S/c1-29-18-7-2-6-17(11-18)19-14-26(23(28)21-8-4-10-30-21)15-20(19)22(27)25-13-16-5-3-9-24-12-16/h2-12,19-20H,13-15H2,1H3,(H,25,27). The minimum absolute atomic E-state index is 0.0274. The first-order chi connectivity index (χ1) is 14.7. The zero-order valence-electron chi connectivity index (χ0n) is 16.7. The van der Waals surface area contributed by atoms with Gasteiger partial charge in [0.1, 0.15) is 5.75 Å². The molecule has 0 aliphatic carbocycles. The lowest BCUT2D eigenvalue weighted by Gasteiger charge is -2.18. The van der Waals surface area contributed by atoms with Crippen LogP contribution in [0.2, 0.25) is 0 Å². The third-order valence-electron chi connectivity index (χ3n) is 5.39. The number of carbonyl (C=O) groups is 2. The predicted octanol–water partition coefficient (Wildman–Crippen LogP) is 3.32. The summed E-state index contributed by atoms with van der Waals surface area (Å²) in [5.74, 6) is 0.217. The molecule has 1 aromatic carbocycles. The van der Waals surface area contributed by atoms with Crippen molar-refractivity contribution in [2.75, 3.05) is 20.2 Å². The molecule has 7 heteroatoms. The number of carbonyl (C=O) groups excluding carboxylic acids is 2. The van der Waals surface area contributed by atoms with Crippen molar-refractivity contribution in [2.24, 2.45) is 5.92 Å². The van der Waals surface area contributed by atoms with Crippen molar-refractivity contribution < 1.29 is 14.3 Å². The fourth-order valence-corrected chi connectivity index (χ4v) is 4.52. The van der Waals surface area contributed by atoms with Gasteiger partial charge in [-0.15, -0.1) is 11.3 Å². The van der Waals surface area contributed by atoms with Crippen molar-refractivity contribution in [3.8, 4) is 5.75 Å². The van der Waals surface area contributed by atoms with E-state index >= 15 is 0 Å². The summed E-state index contributed by atoms with van der Waals surface area (Å²) in [6.07, 6.45) is 3.44. The van der Waals surface area contributed by atoms with Gasteiger partial charge in [-0.1, -0.05) is 24.3 Å². The van der Waals surface area contributed by atoms with Crippen LogP contribution in [0.25, 0.3) is 0 Å². The maximum atomic E-state index is 13.1. The highest BCUT2D eigenvalue weighted by Crippen LogP contribution is 2.35. The van der Waals surface area contributed by atoms with Gasteiger partial charge in [0.15, 0.2) is 0 Å². The molecule has 2 amide bonds. The van der Waals surface area contributed by atoms with Gasteiger partial charge in [-0.05, 0) is 40.8 Å². The first-order valence-corrected chi connectivity index (χ1v) is 10.7. The van der Waals surface area contributed by atoms with E-state index in [1.54, 1.807) is 24.4 Å². The second-order valence-electron chi connectivity index (χ2n) is 7.26. The molecule has 0 saturated carbocycles. The van der Waals surface area contributed by atoms with Crippen LogP contribution >= 0.6 is 11.3 Å². The Labute approximate surface area is 179 Å². The Hall–Kier alpha value is -3.19. The summed E-state index contributed by atoms with van der Waals surface area (Å²) in [6.45, 7) is 1.29. The molecule has 0 spiro atoms. The summed E-state index contributed by atoms with van der Waals surface area (Å²) in [7, 11) is 1.62.